The van der Waals surface area contributed by atoms with Crippen molar-refractivity contribution in [2.75, 3.05) is 19.3 Å². The van der Waals surface area contributed by atoms with Gasteiger partial charge in [-0.3, -0.25) is 4.79 Å². The number of urea groups is 1. The van der Waals surface area contributed by atoms with E-state index in [4.69, 9.17) is 5.11 Å². The van der Waals surface area contributed by atoms with E-state index in [0.29, 0.717) is 25.9 Å². The Kier molecular flexibility index (Phi) is 5.52. The van der Waals surface area contributed by atoms with Crippen molar-refractivity contribution in [1.82, 2.24) is 10.2 Å². The van der Waals surface area contributed by atoms with Crippen molar-refractivity contribution in [2.24, 2.45) is 5.92 Å². The zero-order valence-electron chi connectivity index (χ0n) is 12.1. The number of thioether (sulfide) groups is 1. The number of hydrogen-bond acceptors (Lipinski definition) is 3. The molecule has 0 radical (unpaired) electrons. The number of amides is 2. The van der Waals surface area contributed by atoms with Gasteiger partial charge in [0.2, 0.25) is 0 Å². The first-order chi connectivity index (χ1) is 8.76. The molecular weight excluding hydrogens is 264 g/mol. The number of rotatable bonds is 4. The summed E-state index contributed by atoms with van der Waals surface area (Å²) in [7, 11) is 0. The molecule has 6 heteroatoms. The third kappa shape index (κ3) is 4.60. The van der Waals surface area contributed by atoms with Crippen LogP contribution in [0.3, 0.4) is 0 Å². The SMILES string of the molecule is CSC(C)(C)CNC(=O)N1CCC(C(=O)O)CC1C. The van der Waals surface area contributed by atoms with Crippen LogP contribution in [0.1, 0.15) is 33.6 Å². The van der Waals surface area contributed by atoms with Gasteiger partial charge in [-0.25, -0.2) is 4.79 Å². The molecule has 0 aromatic carbocycles. The van der Waals surface area contributed by atoms with Crippen molar-refractivity contribution in [3.05, 3.63) is 0 Å². The molecule has 1 rings (SSSR count). The normalized spacial score (nSPS) is 24.1. The van der Waals surface area contributed by atoms with Crippen molar-refractivity contribution in [1.29, 1.82) is 0 Å². The standard InChI is InChI=1S/C13H24N2O3S/c1-9-7-10(11(16)17)5-6-15(9)12(18)14-8-13(2,3)19-4/h9-10H,5-8H2,1-4H3,(H,14,18)(H,16,17). The van der Waals surface area contributed by atoms with Crippen LogP contribution in [0, 0.1) is 5.92 Å². The van der Waals surface area contributed by atoms with Gasteiger partial charge in [-0.05, 0) is 39.9 Å². The molecule has 0 aromatic heterocycles. The number of nitrogens with one attached hydrogen (secondary N) is 1. The number of aliphatic carboxylic acids is 1. The highest BCUT2D eigenvalue weighted by atomic mass is 32.2. The lowest BCUT2D eigenvalue weighted by Crippen LogP contribution is -2.51. The van der Waals surface area contributed by atoms with E-state index in [1.54, 1.807) is 16.7 Å². The number of carbonyl (C=O) groups excluding carboxylic acids is 1. The summed E-state index contributed by atoms with van der Waals surface area (Å²) in [5.41, 5.74) is 0. The number of nitrogens with zero attached hydrogens (tertiary/aromatic N) is 1. The van der Waals surface area contributed by atoms with E-state index in [9.17, 15) is 9.59 Å². The van der Waals surface area contributed by atoms with Crippen LogP contribution in [-0.4, -0.2) is 52.1 Å². The lowest BCUT2D eigenvalue weighted by atomic mass is 9.92. The van der Waals surface area contributed by atoms with Gasteiger partial charge in [0.15, 0.2) is 0 Å². The van der Waals surface area contributed by atoms with E-state index in [1.165, 1.54) is 0 Å². The minimum Gasteiger partial charge on any atom is -0.481 e. The Morgan fingerprint density at radius 2 is 2.11 bits per heavy atom. The molecule has 5 nitrogen and oxygen atoms in total. The smallest absolute Gasteiger partial charge is 0.317 e. The van der Waals surface area contributed by atoms with Crippen LogP contribution in [-0.2, 0) is 4.79 Å². The van der Waals surface area contributed by atoms with E-state index in [2.05, 4.69) is 19.2 Å². The third-order valence-corrected chi connectivity index (χ3v) is 4.95. The maximum absolute atomic E-state index is 12.1. The topological polar surface area (TPSA) is 69.6 Å². The van der Waals surface area contributed by atoms with Gasteiger partial charge in [0, 0.05) is 23.9 Å². The average molecular weight is 288 g/mol. The maximum atomic E-state index is 12.1. The third-order valence-electron chi connectivity index (χ3n) is 3.70. The Hall–Kier alpha value is -0.910. The van der Waals surface area contributed by atoms with Crippen molar-refractivity contribution >= 4 is 23.8 Å². The minimum atomic E-state index is -0.754. The Morgan fingerprint density at radius 3 is 2.58 bits per heavy atom. The summed E-state index contributed by atoms with van der Waals surface area (Å²) in [4.78, 5) is 24.8. The van der Waals surface area contributed by atoms with Crippen LogP contribution in [0.25, 0.3) is 0 Å². The number of piperidine rings is 1. The predicted octanol–water partition coefficient (Wildman–Crippen LogP) is 2.02. The van der Waals surface area contributed by atoms with Crippen LogP contribution in [0.5, 0.6) is 0 Å². The zero-order valence-corrected chi connectivity index (χ0v) is 12.9. The van der Waals surface area contributed by atoms with Crippen molar-refractivity contribution in [2.45, 2.75) is 44.4 Å². The molecule has 1 aliphatic rings. The van der Waals surface area contributed by atoms with Gasteiger partial charge in [-0.2, -0.15) is 11.8 Å². The summed E-state index contributed by atoms with van der Waals surface area (Å²) in [6.07, 6.45) is 3.10. The van der Waals surface area contributed by atoms with Gasteiger partial charge < -0.3 is 15.3 Å². The molecule has 110 valence electrons. The molecule has 0 aliphatic carbocycles. The zero-order chi connectivity index (χ0) is 14.6. The van der Waals surface area contributed by atoms with Crippen molar-refractivity contribution in [3.8, 4) is 0 Å². The molecule has 0 spiro atoms. The monoisotopic (exact) mass is 288 g/mol. The average Bonchev–Trinajstić information content (AvgIpc) is 2.36. The first-order valence-electron chi connectivity index (χ1n) is 6.59. The molecule has 2 atom stereocenters. The molecule has 0 bridgehead atoms. The van der Waals surface area contributed by atoms with Gasteiger partial charge in [0.25, 0.3) is 0 Å². The fourth-order valence-electron chi connectivity index (χ4n) is 2.16. The molecular formula is C13H24N2O3S. The quantitative estimate of drug-likeness (QED) is 0.830. The van der Waals surface area contributed by atoms with E-state index < -0.39 is 5.97 Å². The molecule has 0 aromatic rings. The molecule has 2 N–H and O–H groups in total. The van der Waals surface area contributed by atoms with E-state index in [-0.39, 0.29) is 22.7 Å². The summed E-state index contributed by atoms with van der Waals surface area (Å²) in [5, 5.41) is 11.9. The lowest BCUT2D eigenvalue weighted by Gasteiger charge is -2.37. The van der Waals surface area contributed by atoms with Gasteiger partial charge >= 0.3 is 12.0 Å². The summed E-state index contributed by atoms with van der Waals surface area (Å²) in [6.45, 7) is 7.20. The highest BCUT2D eigenvalue weighted by Crippen LogP contribution is 2.24. The fraction of sp³-hybridized carbons (Fsp3) is 0.846. The second-order valence-electron chi connectivity index (χ2n) is 5.72. The Bertz CT molecular complexity index is 347. The Balaban J connectivity index is 2.48. The molecule has 1 saturated heterocycles. The molecule has 1 fully saturated rings. The fourth-order valence-corrected chi connectivity index (χ4v) is 2.38. The number of carboxylic acids is 1. The number of hydrogen-bond donors (Lipinski definition) is 2. The van der Waals surface area contributed by atoms with Crippen LogP contribution in [0.15, 0.2) is 0 Å². The number of likely N-dealkylation sites (tertiary alicyclic amines) is 1. The van der Waals surface area contributed by atoms with Crippen LogP contribution in [0.2, 0.25) is 0 Å². The van der Waals surface area contributed by atoms with E-state index >= 15 is 0 Å². The number of carbonyl (C=O) groups is 2. The molecule has 1 aliphatic heterocycles. The molecule has 19 heavy (non-hydrogen) atoms. The van der Waals surface area contributed by atoms with Gasteiger partial charge in [0.05, 0.1) is 5.92 Å². The van der Waals surface area contributed by atoms with E-state index in [0.717, 1.165) is 0 Å². The lowest BCUT2D eigenvalue weighted by molar-refractivity contribution is -0.143. The van der Waals surface area contributed by atoms with Crippen LogP contribution < -0.4 is 5.32 Å². The largest absolute Gasteiger partial charge is 0.481 e. The van der Waals surface area contributed by atoms with Gasteiger partial charge in [-0.1, -0.05) is 0 Å². The highest BCUT2D eigenvalue weighted by molar-refractivity contribution is 7.99. The summed E-state index contributed by atoms with van der Waals surface area (Å²) >= 11 is 1.71. The van der Waals surface area contributed by atoms with Crippen molar-refractivity contribution < 1.29 is 14.7 Å². The second-order valence-corrected chi connectivity index (χ2v) is 7.24. The van der Waals surface area contributed by atoms with E-state index in [1.807, 2.05) is 13.2 Å². The molecule has 0 saturated carbocycles. The summed E-state index contributed by atoms with van der Waals surface area (Å²) in [6, 6.07) is -0.106. The van der Waals surface area contributed by atoms with Crippen molar-refractivity contribution in [3.63, 3.8) is 0 Å². The molecule has 2 amide bonds. The van der Waals surface area contributed by atoms with Gasteiger partial charge in [-0.15, -0.1) is 0 Å². The first-order valence-corrected chi connectivity index (χ1v) is 7.81. The maximum Gasteiger partial charge on any atom is 0.317 e. The Morgan fingerprint density at radius 1 is 1.47 bits per heavy atom. The number of carboxylic acid groups (broad SMARTS) is 1. The first kappa shape index (κ1) is 16.1. The minimum absolute atomic E-state index is 0.0122. The van der Waals surface area contributed by atoms with Gasteiger partial charge in [0.1, 0.15) is 0 Å². The highest BCUT2D eigenvalue weighted by Gasteiger charge is 2.32. The summed E-state index contributed by atoms with van der Waals surface area (Å²) < 4.78 is 0.0122. The van der Waals surface area contributed by atoms with Crippen LogP contribution in [0.4, 0.5) is 4.79 Å². The second kappa shape index (κ2) is 6.50. The predicted molar refractivity (Wildman–Crippen MR) is 77.5 cm³/mol. The molecule has 1 heterocycles. The van der Waals surface area contributed by atoms with Crippen LogP contribution >= 0.6 is 11.8 Å². The Labute approximate surface area is 119 Å². The summed E-state index contributed by atoms with van der Waals surface area (Å²) in [5.74, 6) is -1.07. The molecule has 2 unspecified atom stereocenters.